The van der Waals surface area contributed by atoms with Crippen molar-refractivity contribution in [3.8, 4) is 0 Å². The maximum atomic E-state index is 13.4. The lowest BCUT2D eigenvalue weighted by atomic mass is 10.2. The third-order valence-electron chi connectivity index (χ3n) is 2.64. The van der Waals surface area contributed by atoms with Gasteiger partial charge in [0.1, 0.15) is 5.82 Å². The highest BCUT2D eigenvalue weighted by molar-refractivity contribution is 6.30. The van der Waals surface area contributed by atoms with E-state index in [4.69, 9.17) is 16.3 Å². The van der Waals surface area contributed by atoms with E-state index in [1.165, 1.54) is 18.2 Å². The van der Waals surface area contributed by atoms with E-state index in [9.17, 15) is 9.18 Å². The number of carbonyl (C=O) groups excluding carboxylic acids is 1. The van der Waals surface area contributed by atoms with Crippen LogP contribution < -0.4 is 10.6 Å². The van der Waals surface area contributed by atoms with Crippen molar-refractivity contribution in [1.29, 1.82) is 0 Å². The summed E-state index contributed by atoms with van der Waals surface area (Å²) in [7, 11) is 0. The van der Waals surface area contributed by atoms with Crippen molar-refractivity contribution in [3.63, 3.8) is 0 Å². The molecule has 0 aliphatic carbocycles. The van der Waals surface area contributed by atoms with Crippen LogP contribution in [0.15, 0.2) is 18.2 Å². The number of nitrogens with one attached hydrogen (secondary N) is 2. The lowest BCUT2D eigenvalue weighted by molar-refractivity contribution is -0.117. The SMILES string of the molecule is O=C(CC1COCCN1)Nc1ccc(Cl)cc1F. The normalized spacial score (nSPS) is 19.6. The Bertz CT molecular complexity index is 436. The molecule has 1 aromatic carbocycles. The zero-order chi connectivity index (χ0) is 13.0. The van der Waals surface area contributed by atoms with E-state index in [2.05, 4.69) is 10.6 Å². The highest BCUT2D eigenvalue weighted by Gasteiger charge is 2.17. The number of halogens is 2. The average Bonchev–Trinajstić information content (AvgIpc) is 2.34. The van der Waals surface area contributed by atoms with Crippen LogP contribution >= 0.6 is 11.6 Å². The molecule has 2 N–H and O–H groups in total. The smallest absolute Gasteiger partial charge is 0.226 e. The second-order valence-corrected chi connectivity index (χ2v) is 4.54. The van der Waals surface area contributed by atoms with Gasteiger partial charge in [0.2, 0.25) is 5.91 Å². The number of carbonyl (C=O) groups is 1. The van der Waals surface area contributed by atoms with Crippen molar-refractivity contribution in [2.45, 2.75) is 12.5 Å². The standard InChI is InChI=1S/C12H14ClFN2O2/c13-8-1-2-11(10(14)5-8)16-12(17)6-9-7-18-4-3-15-9/h1-2,5,9,15H,3-4,6-7H2,(H,16,17). The summed E-state index contributed by atoms with van der Waals surface area (Å²) in [6, 6.07) is 4.12. The average molecular weight is 273 g/mol. The van der Waals surface area contributed by atoms with Crippen LogP contribution in [0.3, 0.4) is 0 Å². The molecule has 18 heavy (non-hydrogen) atoms. The second-order valence-electron chi connectivity index (χ2n) is 4.10. The third-order valence-corrected chi connectivity index (χ3v) is 2.87. The molecule has 0 aromatic heterocycles. The van der Waals surface area contributed by atoms with Crippen LogP contribution in [0, 0.1) is 5.82 Å². The van der Waals surface area contributed by atoms with Gasteiger partial charge < -0.3 is 15.4 Å². The van der Waals surface area contributed by atoms with Crippen molar-refractivity contribution >= 4 is 23.2 Å². The quantitative estimate of drug-likeness (QED) is 0.882. The molecule has 1 aliphatic heterocycles. The monoisotopic (exact) mass is 272 g/mol. The molecule has 0 spiro atoms. The largest absolute Gasteiger partial charge is 0.378 e. The first-order chi connectivity index (χ1) is 8.65. The number of anilines is 1. The van der Waals surface area contributed by atoms with E-state index < -0.39 is 5.82 Å². The summed E-state index contributed by atoms with van der Waals surface area (Å²) in [6.45, 7) is 1.88. The van der Waals surface area contributed by atoms with Crippen molar-refractivity contribution in [3.05, 3.63) is 29.0 Å². The van der Waals surface area contributed by atoms with E-state index in [1.54, 1.807) is 0 Å². The van der Waals surface area contributed by atoms with Gasteiger partial charge >= 0.3 is 0 Å². The van der Waals surface area contributed by atoms with Crippen LogP contribution in [-0.2, 0) is 9.53 Å². The van der Waals surface area contributed by atoms with E-state index in [0.717, 1.165) is 6.54 Å². The van der Waals surface area contributed by atoms with Gasteiger partial charge in [-0.15, -0.1) is 0 Å². The van der Waals surface area contributed by atoms with Crippen LogP contribution in [0.2, 0.25) is 5.02 Å². The lowest BCUT2D eigenvalue weighted by Crippen LogP contribution is -2.43. The molecule has 0 bridgehead atoms. The number of morpholine rings is 1. The number of ether oxygens (including phenoxy) is 1. The fourth-order valence-electron chi connectivity index (χ4n) is 1.77. The summed E-state index contributed by atoms with van der Waals surface area (Å²) in [4.78, 5) is 11.7. The molecule has 4 nitrogen and oxygen atoms in total. The molecular weight excluding hydrogens is 259 g/mol. The summed E-state index contributed by atoms with van der Waals surface area (Å²) in [5, 5.41) is 5.97. The maximum absolute atomic E-state index is 13.4. The maximum Gasteiger partial charge on any atom is 0.226 e. The predicted molar refractivity (Wildman–Crippen MR) is 67.3 cm³/mol. The number of amides is 1. The molecule has 1 saturated heterocycles. The molecule has 0 saturated carbocycles. The molecule has 1 amide bonds. The highest BCUT2D eigenvalue weighted by atomic mass is 35.5. The minimum Gasteiger partial charge on any atom is -0.378 e. The molecule has 0 radical (unpaired) electrons. The van der Waals surface area contributed by atoms with Gasteiger partial charge in [-0.1, -0.05) is 11.6 Å². The first-order valence-corrected chi connectivity index (χ1v) is 6.09. The summed E-state index contributed by atoms with van der Waals surface area (Å²) >= 11 is 5.63. The lowest BCUT2D eigenvalue weighted by Gasteiger charge is -2.23. The van der Waals surface area contributed by atoms with Gasteiger partial charge in [-0.3, -0.25) is 4.79 Å². The summed E-state index contributed by atoms with van der Waals surface area (Å²) in [5.74, 6) is -0.789. The van der Waals surface area contributed by atoms with Crippen LogP contribution in [0.1, 0.15) is 6.42 Å². The Labute approximate surface area is 109 Å². The van der Waals surface area contributed by atoms with Crippen LogP contribution in [0.4, 0.5) is 10.1 Å². The van der Waals surface area contributed by atoms with Crippen molar-refractivity contribution < 1.29 is 13.9 Å². The Kier molecular flexibility index (Phi) is 4.52. The van der Waals surface area contributed by atoms with Crippen molar-refractivity contribution in [2.75, 3.05) is 25.1 Å². The van der Waals surface area contributed by atoms with Gasteiger partial charge in [-0.05, 0) is 18.2 Å². The molecule has 6 heteroatoms. The fourth-order valence-corrected chi connectivity index (χ4v) is 1.93. The van der Waals surface area contributed by atoms with Gasteiger partial charge in [0.25, 0.3) is 0 Å². The van der Waals surface area contributed by atoms with Crippen molar-refractivity contribution in [2.24, 2.45) is 0 Å². The molecule has 1 aromatic rings. The highest BCUT2D eigenvalue weighted by Crippen LogP contribution is 2.19. The summed E-state index contributed by atoms with van der Waals surface area (Å²) in [5.41, 5.74) is 0.140. The van der Waals surface area contributed by atoms with Crippen LogP contribution in [0.5, 0.6) is 0 Å². The summed E-state index contributed by atoms with van der Waals surface area (Å²) < 4.78 is 18.7. The Morgan fingerprint density at radius 1 is 1.61 bits per heavy atom. The van der Waals surface area contributed by atoms with Crippen molar-refractivity contribution in [1.82, 2.24) is 5.32 Å². The molecule has 1 fully saturated rings. The topological polar surface area (TPSA) is 50.4 Å². The first kappa shape index (κ1) is 13.3. The van der Waals surface area contributed by atoms with Gasteiger partial charge in [-0.25, -0.2) is 4.39 Å². The van der Waals surface area contributed by atoms with E-state index in [0.29, 0.717) is 18.2 Å². The number of hydrogen-bond acceptors (Lipinski definition) is 3. The van der Waals surface area contributed by atoms with Crippen LogP contribution in [-0.4, -0.2) is 31.7 Å². The number of rotatable bonds is 3. The Balaban J connectivity index is 1.90. The van der Waals surface area contributed by atoms with Gasteiger partial charge in [0, 0.05) is 24.0 Å². The third kappa shape index (κ3) is 3.66. The molecule has 1 unspecified atom stereocenters. The fraction of sp³-hybridized carbons (Fsp3) is 0.417. The number of benzene rings is 1. The van der Waals surface area contributed by atoms with Crippen LogP contribution in [0.25, 0.3) is 0 Å². The first-order valence-electron chi connectivity index (χ1n) is 5.71. The minimum absolute atomic E-state index is 0.0193. The molecular formula is C12H14ClFN2O2. The van der Waals surface area contributed by atoms with E-state index in [-0.39, 0.29) is 24.1 Å². The predicted octanol–water partition coefficient (Wildman–Crippen LogP) is 1.80. The Hall–Kier alpha value is -1.17. The zero-order valence-corrected chi connectivity index (χ0v) is 10.5. The summed E-state index contributed by atoms with van der Waals surface area (Å²) in [6.07, 6.45) is 0.252. The van der Waals surface area contributed by atoms with E-state index in [1.807, 2.05) is 0 Å². The van der Waals surface area contributed by atoms with Gasteiger partial charge in [-0.2, -0.15) is 0 Å². The molecule has 2 rings (SSSR count). The second kappa shape index (κ2) is 6.13. The minimum atomic E-state index is -0.538. The molecule has 1 heterocycles. The Morgan fingerprint density at radius 2 is 2.44 bits per heavy atom. The van der Waals surface area contributed by atoms with E-state index >= 15 is 0 Å². The van der Waals surface area contributed by atoms with Gasteiger partial charge in [0.05, 0.1) is 18.9 Å². The molecule has 1 atom stereocenters. The molecule has 1 aliphatic rings. The molecule has 98 valence electrons. The number of hydrogen-bond donors (Lipinski definition) is 2. The zero-order valence-electron chi connectivity index (χ0n) is 9.71. The Morgan fingerprint density at radius 3 is 3.11 bits per heavy atom. The van der Waals surface area contributed by atoms with Gasteiger partial charge in [0.15, 0.2) is 0 Å².